The van der Waals surface area contributed by atoms with Crippen molar-refractivity contribution in [2.45, 2.75) is 6.92 Å². The van der Waals surface area contributed by atoms with E-state index in [1.54, 1.807) is 55.5 Å². The van der Waals surface area contributed by atoms with Crippen LogP contribution < -0.4 is 19.7 Å². The van der Waals surface area contributed by atoms with Crippen LogP contribution >= 0.6 is 11.6 Å². The summed E-state index contributed by atoms with van der Waals surface area (Å²) in [6.45, 7) is 1.93. The van der Waals surface area contributed by atoms with E-state index in [9.17, 15) is 9.59 Å². The molecule has 31 heavy (non-hydrogen) atoms. The number of halogens is 1. The number of ether oxygens (including phenoxy) is 2. The van der Waals surface area contributed by atoms with Crippen LogP contribution in [-0.4, -0.2) is 18.6 Å². The van der Waals surface area contributed by atoms with E-state index in [2.05, 4.69) is 5.32 Å². The van der Waals surface area contributed by atoms with E-state index in [1.807, 2.05) is 18.2 Å². The Balaban J connectivity index is 1.61. The summed E-state index contributed by atoms with van der Waals surface area (Å²) in [5.41, 5.74) is 2.85. The summed E-state index contributed by atoms with van der Waals surface area (Å²) in [5, 5.41) is 3.62. The van der Waals surface area contributed by atoms with Gasteiger partial charge in [0.25, 0.3) is 11.8 Å². The van der Waals surface area contributed by atoms with Crippen LogP contribution in [0.25, 0.3) is 5.57 Å². The van der Waals surface area contributed by atoms with Gasteiger partial charge in [-0.05, 0) is 42.3 Å². The highest BCUT2D eigenvalue weighted by Crippen LogP contribution is 2.38. The maximum atomic E-state index is 13.5. The number of imide groups is 1. The Hall–Kier alpha value is -3.77. The molecule has 3 aromatic carbocycles. The fraction of sp³-hybridized carbons (Fsp3) is 0.0833. The van der Waals surface area contributed by atoms with Gasteiger partial charge in [-0.15, -0.1) is 0 Å². The van der Waals surface area contributed by atoms with E-state index >= 15 is 0 Å². The maximum absolute atomic E-state index is 13.5. The van der Waals surface area contributed by atoms with Crippen molar-refractivity contribution < 1.29 is 19.1 Å². The number of fused-ring (bicyclic) bond motifs is 1. The second kappa shape index (κ2) is 7.49. The van der Waals surface area contributed by atoms with E-state index in [4.69, 9.17) is 21.1 Å². The number of nitrogens with one attached hydrogen (secondary N) is 1. The largest absolute Gasteiger partial charge is 0.454 e. The lowest BCUT2D eigenvalue weighted by Crippen LogP contribution is -2.33. The van der Waals surface area contributed by atoms with Gasteiger partial charge in [-0.3, -0.25) is 9.59 Å². The van der Waals surface area contributed by atoms with Gasteiger partial charge in [-0.1, -0.05) is 48.0 Å². The second-order valence-corrected chi connectivity index (χ2v) is 7.55. The van der Waals surface area contributed by atoms with Gasteiger partial charge in [-0.25, -0.2) is 4.90 Å². The van der Waals surface area contributed by atoms with E-state index in [0.29, 0.717) is 44.6 Å². The SMILES string of the molecule is Cc1c(Cl)cccc1N1C(=O)C(Nc2ccc3c(c2)OCO3)=C(c2ccccc2)C1=O. The molecule has 2 amide bonds. The summed E-state index contributed by atoms with van der Waals surface area (Å²) in [6, 6.07) is 19.5. The highest BCUT2D eigenvalue weighted by atomic mass is 35.5. The average molecular weight is 433 g/mol. The maximum Gasteiger partial charge on any atom is 0.282 e. The number of hydrogen-bond acceptors (Lipinski definition) is 5. The first kappa shape index (κ1) is 19.2. The van der Waals surface area contributed by atoms with Crippen molar-refractivity contribution >= 4 is 40.4 Å². The molecule has 0 saturated carbocycles. The monoisotopic (exact) mass is 432 g/mol. The molecule has 0 saturated heterocycles. The Labute approximate surface area is 183 Å². The first-order chi connectivity index (χ1) is 15.0. The predicted molar refractivity (Wildman–Crippen MR) is 118 cm³/mol. The van der Waals surface area contributed by atoms with Crippen molar-refractivity contribution in [3.05, 3.63) is 88.6 Å². The van der Waals surface area contributed by atoms with Crippen LogP contribution in [-0.2, 0) is 9.59 Å². The van der Waals surface area contributed by atoms with Crippen LogP contribution in [0.1, 0.15) is 11.1 Å². The number of amides is 2. The summed E-state index contributed by atoms with van der Waals surface area (Å²) in [5.74, 6) is 0.343. The molecule has 7 heteroatoms. The minimum atomic E-state index is -0.452. The number of rotatable bonds is 4. The molecule has 3 aromatic rings. The summed E-state index contributed by atoms with van der Waals surface area (Å²) in [6.07, 6.45) is 0. The molecule has 0 bridgehead atoms. The lowest BCUT2D eigenvalue weighted by molar-refractivity contribution is -0.120. The quantitative estimate of drug-likeness (QED) is 0.601. The third kappa shape index (κ3) is 3.21. The number of carbonyl (C=O) groups is 2. The molecule has 0 spiro atoms. The molecular weight excluding hydrogens is 416 g/mol. The molecule has 5 rings (SSSR count). The van der Waals surface area contributed by atoms with Gasteiger partial charge in [0, 0.05) is 16.8 Å². The number of hydrogen-bond donors (Lipinski definition) is 1. The van der Waals surface area contributed by atoms with Crippen LogP contribution in [0.5, 0.6) is 11.5 Å². The third-order valence-corrected chi connectivity index (χ3v) is 5.68. The minimum absolute atomic E-state index is 0.149. The molecule has 6 nitrogen and oxygen atoms in total. The van der Waals surface area contributed by atoms with Crippen LogP contribution in [0.2, 0.25) is 5.02 Å². The van der Waals surface area contributed by atoms with Crippen molar-refractivity contribution in [3.63, 3.8) is 0 Å². The Morgan fingerprint density at radius 3 is 2.48 bits per heavy atom. The number of benzene rings is 3. The molecule has 2 heterocycles. The number of anilines is 2. The van der Waals surface area contributed by atoms with Crippen molar-refractivity contribution in [2.24, 2.45) is 0 Å². The molecule has 1 N–H and O–H groups in total. The van der Waals surface area contributed by atoms with Gasteiger partial charge in [0.05, 0.1) is 11.3 Å². The van der Waals surface area contributed by atoms with Crippen molar-refractivity contribution in [3.8, 4) is 11.5 Å². The van der Waals surface area contributed by atoms with Crippen molar-refractivity contribution in [1.29, 1.82) is 0 Å². The van der Waals surface area contributed by atoms with E-state index in [-0.39, 0.29) is 12.5 Å². The van der Waals surface area contributed by atoms with Crippen molar-refractivity contribution in [1.82, 2.24) is 0 Å². The van der Waals surface area contributed by atoms with E-state index in [1.165, 1.54) is 4.90 Å². The summed E-state index contributed by atoms with van der Waals surface area (Å²) in [7, 11) is 0. The fourth-order valence-electron chi connectivity index (χ4n) is 3.69. The predicted octanol–water partition coefficient (Wildman–Crippen LogP) is 4.77. The first-order valence-electron chi connectivity index (χ1n) is 9.65. The Kier molecular flexibility index (Phi) is 4.64. The zero-order valence-corrected chi connectivity index (χ0v) is 17.3. The fourth-order valence-corrected chi connectivity index (χ4v) is 3.86. The summed E-state index contributed by atoms with van der Waals surface area (Å²) < 4.78 is 10.8. The topological polar surface area (TPSA) is 67.9 Å². The Morgan fingerprint density at radius 2 is 1.68 bits per heavy atom. The lowest BCUT2D eigenvalue weighted by atomic mass is 10.0. The second-order valence-electron chi connectivity index (χ2n) is 7.14. The first-order valence-corrected chi connectivity index (χ1v) is 10.0. The molecule has 0 fully saturated rings. The highest BCUT2D eigenvalue weighted by molar-refractivity contribution is 6.46. The Morgan fingerprint density at radius 1 is 0.903 bits per heavy atom. The van der Waals surface area contributed by atoms with Gasteiger partial charge in [-0.2, -0.15) is 0 Å². The Bertz CT molecular complexity index is 1250. The summed E-state index contributed by atoms with van der Waals surface area (Å²) in [4.78, 5) is 28.1. The zero-order chi connectivity index (χ0) is 21.5. The summed E-state index contributed by atoms with van der Waals surface area (Å²) >= 11 is 6.26. The highest BCUT2D eigenvalue weighted by Gasteiger charge is 2.41. The molecule has 2 aliphatic rings. The molecule has 0 aromatic heterocycles. The lowest BCUT2D eigenvalue weighted by Gasteiger charge is -2.18. The molecule has 2 aliphatic heterocycles. The van der Waals surface area contributed by atoms with Crippen LogP contribution in [0.3, 0.4) is 0 Å². The van der Waals surface area contributed by atoms with Crippen LogP contribution in [0, 0.1) is 6.92 Å². The number of nitrogens with zero attached hydrogens (tertiary/aromatic N) is 1. The zero-order valence-electron chi connectivity index (χ0n) is 16.5. The van der Waals surface area contributed by atoms with Gasteiger partial charge in [0.2, 0.25) is 6.79 Å². The average Bonchev–Trinajstić information content (AvgIpc) is 3.33. The molecule has 0 atom stereocenters. The van der Waals surface area contributed by atoms with Gasteiger partial charge in [0.1, 0.15) is 5.70 Å². The van der Waals surface area contributed by atoms with E-state index < -0.39 is 11.8 Å². The molecular formula is C24H17ClN2O4. The van der Waals surface area contributed by atoms with Gasteiger partial charge >= 0.3 is 0 Å². The molecule has 0 radical (unpaired) electrons. The third-order valence-electron chi connectivity index (χ3n) is 5.27. The number of carbonyl (C=O) groups excluding carboxylic acids is 2. The molecule has 0 aliphatic carbocycles. The van der Waals surface area contributed by atoms with Crippen LogP contribution in [0.4, 0.5) is 11.4 Å². The van der Waals surface area contributed by atoms with Gasteiger partial charge in [0.15, 0.2) is 11.5 Å². The van der Waals surface area contributed by atoms with Crippen LogP contribution in [0.15, 0.2) is 72.4 Å². The van der Waals surface area contributed by atoms with E-state index in [0.717, 1.165) is 0 Å². The van der Waals surface area contributed by atoms with Gasteiger partial charge < -0.3 is 14.8 Å². The molecule has 0 unspecified atom stereocenters. The smallest absolute Gasteiger partial charge is 0.282 e. The normalized spacial score (nSPS) is 15.1. The molecule has 154 valence electrons. The van der Waals surface area contributed by atoms with Crippen molar-refractivity contribution in [2.75, 3.05) is 17.0 Å². The standard InChI is InChI=1S/C24H17ClN2O4/c1-14-17(25)8-5-9-18(14)27-23(28)21(15-6-3-2-4-7-15)22(24(27)29)26-16-10-11-19-20(12-16)31-13-30-19/h2-12,26H,13H2,1H3. The minimum Gasteiger partial charge on any atom is -0.454 e.